The van der Waals surface area contributed by atoms with Crippen molar-refractivity contribution in [3.05, 3.63) is 58.4 Å². The zero-order valence-corrected chi connectivity index (χ0v) is 18.1. The van der Waals surface area contributed by atoms with Gasteiger partial charge in [0.15, 0.2) is 11.5 Å². The van der Waals surface area contributed by atoms with Gasteiger partial charge in [0.25, 0.3) is 0 Å². The highest BCUT2D eigenvalue weighted by Crippen LogP contribution is 2.53. The minimum Gasteiger partial charge on any atom is -0.493 e. The third-order valence-corrected chi connectivity index (χ3v) is 7.67. The number of hydrogen-bond donors (Lipinski definition) is 1. The Morgan fingerprint density at radius 1 is 1.03 bits per heavy atom. The van der Waals surface area contributed by atoms with Crippen LogP contribution in [0.1, 0.15) is 43.2 Å². The number of ether oxygens (including phenoxy) is 2. The second-order valence-corrected chi connectivity index (χ2v) is 9.73. The smallest absolute Gasteiger partial charge is 0.180 e. The predicted molar refractivity (Wildman–Crippen MR) is 116 cm³/mol. The molecule has 3 nitrogen and oxygen atoms in total. The van der Waals surface area contributed by atoms with E-state index in [1.807, 2.05) is 12.1 Å². The highest BCUT2D eigenvalue weighted by Gasteiger charge is 2.47. The van der Waals surface area contributed by atoms with E-state index in [9.17, 15) is 4.39 Å². The van der Waals surface area contributed by atoms with Crippen LogP contribution in [-0.2, 0) is 13.2 Å². The molecule has 0 amide bonds. The summed E-state index contributed by atoms with van der Waals surface area (Å²) in [6, 6.07) is 11.1. The Bertz CT molecular complexity index is 890. The Morgan fingerprint density at radius 3 is 2.40 bits per heavy atom. The van der Waals surface area contributed by atoms with Gasteiger partial charge in [-0.3, -0.25) is 0 Å². The van der Waals surface area contributed by atoms with E-state index >= 15 is 0 Å². The zero-order valence-electron chi connectivity index (χ0n) is 17.4. The van der Waals surface area contributed by atoms with Crippen molar-refractivity contribution in [2.45, 2.75) is 51.3 Å². The molecule has 0 aromatic heterocycles. The van der Waals surface area contributed by atoms with E-state index in [0.29, 0.717) is 28.1 Å². The van der Waals surface area contributed by atoms with Gasteiger partial charge in [-0.15, -0.1) is 0 Å². The third-order valence-electron chi connectivity index (χ3n) is 7.39. The van der Waals surface area contributed by atoms with Crippen molar-refractivity contribution in [1.82, 2.24) is 5.32 Å². The van der Waals surface area contributed by atoms with Crippen LogP contribution < -0.4 is 14.8 Å². The molecule has 0 radical (unpaired) electrons. The Balaban J connectivity index is 1.26. The van der Waals surface area contributed by atoms with Gasteiger partial charge in [0, 0.05) is 18.2 Å². The summed E-state index contributed by atoms with van der Waals surface area (Å²) in [5.74, 6) is 4.38. The van der Waals surface area contributed by atoms with Crippen LogP contribution in [-0.4, -0.2) is 13.2 Å². The largest absolute Gasteiger partial charge is 0.493 e. The van der Waals surface area contributed by atoms with Crippen LogP contribution in [0.2, 0.25) is 5.02 Å². The second-order valence-electron chi connectivity index (χ2n) is 9.33. The van der Waals surface area contributed by atoms with Gasteiger partial charge in [-0.1, -0.05) is 29.8 Å². The van der Waals surface area contributed by atoms with Gasteiger partial charge in [-0.05, 0) is 79.5 Å². The summed E-state index contributed by atoms with van der Waals surface area (Å²) in [7, 11) is 1.61. The molecule has 4 saturated carbocycles. The maximum atomic E-state index is 13.9. The summed E-state index contributed by atoms with van der Waals surface area (Å²) in [4.78, 5) is 0. The molecule has 5 heteroatoms. The summed E-state index contributed by atoms with van der Waals surface area (Å²) in [5.41, 5.74) is 1.58. The molecule has 4 fully saturated rings. The molecular weight excluding hydrogens is 401 g/mol. The average Bonchev–Trinajstić information content (AvgIpc) is 2.72. The second kappa shape index (κ2) is 8.39. The van der Waals surface area contributed by atoms with Crippen molar-refractivity contribution in [1.29, 1.82) is 0 Å². The van der Waals surface area contributed by atoms with Crippen molar-refractivity contribution < 1.29 is 13.9 Å². The van der Waals surface area contributed by atoms with Crippen molar-refractivity contribution in [3.8, 4) is 11.5 Å². The number of halogens is 2. The van der Waals surface area contributed by atoms with Gasteiger partial charge in [0.2, 0.25) is 0 Å². The molecule has 2 aromatic carbocycles. The number of benzene rings is 2. The fourth-order valence-corrected chi connectivity index (χ4v) is 6.56. The first kappa shape index (κ1) is 20.1. The molecular formula is C25H29ClFNO2. The molecule has 1 N–H and O–H groups in total. The maximum Gasteiger partial charge on any atom is 0.180 e. The summed E-state index contributed by atoms with van der Waals surface area (Å²) in [5, 5.41) is 4.33. The first-order valence-corrected chi connectivity index (χ1v) is 11.4. The molecule has 4 bridgehead atoms. The molecule has 0 aliphatic heterocycles. The van der Waals surface area contributed by atoms with Crippen LogP contribution in [0, 0.1) is 29.5 Å². The molecule has 4 aliphatic rings. The Kier molecular flexibility index (Phi) is 5.63. The summed E-state index contributed by atoms with van der Waals surface area (Å²) in [6.45, 7) is 0.880. The van der Waals surface area contributed by atoms with Gasteiger partial charge in [0.1, 0.15) is 12.4 Å². The van der Waals surface area contributed by atoms with Crippen LogP contribution in [0.3, 0.4) is 0 Å². The number of rotatable bonds is 7. The van der Waals surface area contributed by atoms with Crippen LogP contribution in [0.25, 0.3) is 0 Å². The van der Waals surface area contributed by atoms with E-state index in [0.717, 1.165) is 35.8 Å². The summed E-state index contributed by atoms with van der Waals surface area (Å²) < 4.78 is 25.3. The molecule has 0 saturated heterocycles. The first-order valence-electron chi connectivity index (χ1n) is 11.1. The van der Waals surface area contributed by atoms with Crippen molar-refractivity contribution in [3.63, 3.8) is 0 Å². The summed E-state index contributed by atoms with van der Waals surface area (Å²) >= 11 is 6.54. The molecule has 0 heterocycles. The highest BCUT2D eigenvalue weighted by molar-refractivity contribution is 6.32. The normalized spacial score (nSPS) is 29.2. The Hall–Kier alpha value is -1.78. The number of nitrogens with one attached hydrogen (secondary N) is 1. The zero-order chi connectivity index (χ0) is 20.7. The van der Waals surface area contributed by atoms with Gasteiger partial charge in [-0.25, -0.2) is 4.39 Å². The van der Waals surface area contributed by atoms with Crippen LogP contribution in [0.4, 0.5) is 4.39 Å². The number of hydrogen-bond acceptors (Lipinski definition) is 3. The van der Waals surface area contributed by atoms with E-state index in [2.05, 4.69) is 5.32 Å². The van der Waals surface area contributed by atoms with E-state index in [-0.39, 0.29) is 12.4 Å². The maximum absolute atomic E-state index is 13.9. The van der Waals surface area contributed by atoms with Crippen LogP contribution in [0.5, 0.6) is 11.5 Å². The lowest BCUT2D eigenvalue weighted by Crippen LogP contribution is -2.54. The van der Waals surface area contributed by atoms with Gasteiger partial charge in [-0.2, -0.15) is 0 Å². The molecule has 0 unspecified atom stereocenters. The van der Waals surface area contributed by atoms with Crippen LogP contribution >= 0.6 is 11.6 Å². The quantitative estimate of drug-likeness (QED) is 0.587. The standard InChI is InChI=1S/C25H29ClFNO2/c1-29-23-12-17(11-21(26)25(23)30-14-18-4-2-3-5-22(18)27)13-28-24-19-7-15-6-16(9-19)10-20(24)8-15/h2-5,11-12,15-16,19-20,24,28H,6-10,13-14H2,1H3. The minimum atomic E-state index is -0.288. The minimum absolute atomic E-state index is 0.105. The molecule has 4 aliphatic carbocycles. The molecule has 30 heavy (non-hydrogen) atoms. The molecule has 2 aromatic rings. The SMILES string of the molecule is COc1cc(CNC2C3CC4CC(C3)CC2C4)cc(Cl)c1OCc1ccccc1F. The Labute approximate surface area is 182 Å². The van der Waals surface area contributed by atoms with Gasteiger partial charge < -0.3 is 14.8 Å². The van der Waals surface area contributed by atoms with Gasteiger partial charge in [0.05, 0.1) is 12.1 Å². The highest BCUT2D eigenvalue weighted by atomic mass is 35.5. The lowest BCUT2D eigenvalue weighted by atomic mass is 9.54. The fraction of sp³-hybridized carbons (Fsp3) is 0.520. The van der Waals surface area contributed by atoms with Crippen LogP contribution in [0.15, 0.2) is 36.4 Å². The van der Waals surface area contributed by atoms with Gasteiger partial charge >= 0.3 is 0 Å². The lowest BCUT2D eigenvalue weighted by Gasteiger charge is -2.54. The average molecular weight is 430 g/mol. The first-order chi connectivity index (χ1) is 14.6. The van der Waals surface area contributed by atoms with Crippen molar-refractivity contribution in [2.75, 3.05) is 7.11 Å². The Morgan fingerprint density at radius 2 is 1.73 bits per heavy atom. The van der Waals surface area contributed by atoms with Crippen molar-refractivity contribution in [2.24, 2.45) is 23.7 Å². The van der Waals surface area contributed by atoms with E-state index in [4.69, 9.17) is 21.1 Å². The molecule has 160 valence electrons. The number of methoxy groups -OCH3 is 1. The summed E-state index contributed by atoms with van der Waals surface area (Å²) in [6.07, 6.45) is 7.07. The predicted octanol–water partition coefficient (Wildman–Crippen LogP) is 5.98. The monoisotopic (exact) mass is 429 g/mol. The van der Waals surface area contributed by atoms with E-state index in [1.165, 1.54) is 38.2 Å². The molecule has 6 rings (SSSR count). The fourth-order valence-electron chi connectivity index (χ4n) is 6.27. The van der Waals surface area contributed by atoms with E-state index in [1.54, 1.807) is 25.3 Å². The molecule has 0 atom stereocenters. The topological polar surface area (TPSA) is 30.5 Å². The van der Waals surface area contributed by atoms with E-state index < -0.39 is 0 Å². The third kappa shape index (κ3) is 3.92. The van der Waals surface area contributed by atoms with Crippen molar-refractivity contribution >= 4 is 11.6 Å². The lowest BCUT2D eigenvalue weighted by molar-refractivity contribution is -0.0142. The molecule has 0 spiro atoms.